The van der Waals surface area contributed by atoms with Crippen molar-refractivity contribution >= 4 is 23.2 Å². The number of benzene rings is 1. The number of nitrogens with two attached hydrogens (primary N) is 1. The van der Waals surface area contributed by atoms with Crippen LogP contribution in [0.2, 0.25) is 0 Å². The number of amides is 1. The number of hydrogen-bond acceptors (Lipinski definition) is 8. The molecule has 0 fully saturated rings. The minimum absolute atomic E-state index is 0.0861. The maximum atomic E-state index is 14.3. The number of carbonyl (C=O) groups excluding carboxylic acids is 1. The number of anilines is 2. The Hall–Kier alpha value is -4.35. The van der Waals surface area contributed by atoms with Gasteiger partial charge in [-0.25, -0.2) is 18.3 Å². The van der Waals surface area contributed by atoms with Crippen molar-refractivity contribution in [3.8, 4) is 17.3 Å². The third-order valence-electron chi connectivity index (χ3n) is 5.62. The fourth-order valence-corrected chi connectivity index (χ4v) is 3.79. The minimum Gasteiger partial charge on any atom is -0.453 e. The van der Waals surface area contributed by atoms with Crippen LogP contribution in [0.5, 0.6) is 6.01 Å². The van der Waals surface area contributed by atoms with E-state index in [0.29, 0.717) is 30.0 Å². The molecule has 1 amide bonds. The number of ether oxygens (including phenoxy) is 1. The molecule has 0 spiro atoms. The number of halogens is 2. The summed E-state index contributed by atoms with van der Waals surface area (Å²) < 4.78 is 34.9. The van der Waals surface area contributed by atoms with Crippen molar-refractivity contribution < 1.29 is 18.3 Å². The van der Waals surface area contributed by atoms with Crippen LogP contribution in [0.3, 0.4) is 0 Å². The second-order valence-corrected chi connectivity index (χ2v) is 7.96. The molecular formula is C24H26F2N8O2. The van der Waals surface area contributed by atoms with E-state index in [1.807, 2.05) is 13.8 Å². The lowest BCUT2D eigenvalue weighted by atomic mass is 10.1. The predicted octanol–water partition coefficient (Wildman–Crippen LogP) is 3.47. The van der Waals surface area contributed by atoms with Crippen molar-refractivity contribution in [3.05, 3.63) is 59.9 Å². The van der Waals surface area contributed by atoms with Crippen molar-refractivity contribution in [3.63, 3.8) is 0 Å². The Kier molecular flexibility index (Phi) is 7.23. The van der Waals surface area contributed by atoms with Crippen molar-refractivity contribution in [1.82, 2.24) is 29.5 Å². The van der Waals surface area contributed by atoms with E-state index in [-0.39, 0.29) is 35.7 Å². The minimum atomic E-state index is -0.693. The molecule has 0 bridgehead atoms. The molecule has 36 heavy (non-hydrogen) atoms. The van der Waals surface area contributed by atoms with Crippen LogP contribution in [0.4, 0.5) is 20.4 Å². The Bertz CT molecular complexity index is 1390. The van der Waals surface area contributed by atoms with Crippen LogP contribution in [-0.2, 0) is 4.79 Å². The van der Waals surface area contributed by atoms with E-state index in [9.17, 15) is 13.6 Å². The van der Waals surface area contributed by atoms with Crippen molar-refractivity contribution in [1.29, 1.82) is 0 Å². The molecule has 12 heteroatoms. The molecule has 188 valence electrons. The van der Waals surface area contributed by atoms with Gasteiger partial charge >= 0.3 is 6.01 Å². The summed E-state index contributed by atoms with van der Waals surface area (Å²) in [5.74, 6) is -1.13. The average molecular weight is 497 g/mol. The van der Waals surface area contributed by atoms with E-state index in [2.05, 4.69) is 25.4 Å². The maximum absolute atomic E-state index is 14.3. The van der Waals surface area contributed by atoms with Gasteiger partial charge in [-0.05, 0) is 32.9 Å². The molecular weight excluding hydrogens is 470 g/mol. The standard InChI is InChI=1S/C24H26F2N8O2/c1-4-33(5-2)20(35)13-36-24-30-18(21-22(27)32-34-10-6-9-28-23(21)34)12-19(31-24)29-14(3)16-8-7-15(25)11-17(16)26/h6-12,14H,4-5,13H2,1-3H3,(H2,27,32)(H,29,30,31)/t14-/m0/s1. The van der Waals surface area contributed by atoms with Crippen LogP contribution in [0.1, 0.15) is 32.4 Å². The van der Waals surface area contributed by atoms with Gasteiger partial charge in [-0.3, -0.25) is 4.79 Å². The van der Waals surface area contributed by atoms with Crippen LogP contribution in [0.15, 0.2) is 42.7 Å². The van der Waals surface area contributed by atoms with E-state index in [0.717, 1.165) is 6.07 Å². The molecule has 0 aliphatic carbocycles. The molecule has 4 aromatic rings. The fraction of sp³-hybridized carbons (Fsp3) is 0.292. The van der Waals surface area contributed by atoms with E-state index >= 15 is 0 Å². The molecule has 0 saturated carbocycles. The first-order valence-corrected chi connectivity index (χ1v) is 11.4. The molecule has 1 atom stereocenters. The summed E-state index contributed by atoms with van der Waals surface area (Å²) in [7, 11) is 0. The van der Waals surface area contributed by atoms with Crippen LogP contribution < -0.4 is 15.8 Å². The third-order valence-corrected chi connectivity index (χ3v) is 5.62. The molecule has 0 radical (unpaired) electrons. The molecule has 3 aromatic heterocycles. The third kappa shape index (κ3) is 5.16. The summed E-state index contributed by atoms with van der Waals surface area (Å²) in [6.45, 7) is 6.26. The highest BCUT2D eigenvalue weighted by atomic mass is 19.1. The summed E-state index contributed by atoms with van der Waals surface area (Å²) in [4.78, 5) is 27.2. The summed E-state index contributed by atoms with van der Waals surface area (Å²) in [5.41, 5.74) is 7.66. The second kappa shape index (κ2) is 10.5. The Labute approximate surface area is 206 Å². The van der Waals surface area contributed by atoms with Gasteiger partial charge in [0.25, 0.3) is 5.91 Å². The molecule has 0 aliphatic heterocycles. The van der Waals surface area contributed by atoms with Gasteiger partial charge in [0.2, 0.25) is 0 Å². The Morgan fingerprint density at radius 3 is 2.72 bits per heavy atom. The number of fused-ring (bicyclic) bond motifs is 1. The molecule has 1 aromatic carbocycles. The van der Waals surface area contributed by atoms with Gasteiger partial charge in [0, 0.05) is 43.2 Å². The molecule has 3 heterocycles. The average Bonchev–Trinajstić information content (AvgIpc) is 3.19. The van der Waals surface area contributed by atoms with Gasteiger partial charge < -0.3 is 20.7 Å². The number of nitrogens with one attached hydrogen (secondary N) is 1. The Morgan fingerprint density at radius 1 is 1.22 bits per heavy atom. The lowest BCUT2D eigenvalue weighted by molar-refractivity contribution is -0.133. The zero-order valence-electron chi connectivity index (χ0n) is 20.1. The first-order valence-electron chi connectivity index (χ1n) is 11.4. The van der Waals surface area contributed by atoms with E-state index in [4.69, 9.17) is 10.5 Å². The molecule has 10 nitrogen and oxygen atoms in total. The van der Waals surface area contributed by atoms with Crippen molar-refractivity contribution in [2.45, 2.75) is 26.8 Å². The summed E-state index contributed by atoms with van der Waals surface area (Å²) in [6, 6.07) is 5.99. The number of carbonyl (C=O) groups is 1. The highest BCUT2D eigenvalue weighted by Gasteiger charge is 2.20. The van der Waals surface area contributed by atoms with Gasteiger partial charge in [0.1, 0.15) is 17.5 Å². The van der Waals surface area contributed by atoms with Crippen molar-refractivity contribution in [2.24, 2.45) is 0 Å². The normalized spacial score (nSPS) is 11.9. The predicted molar refractivity (Wildman–Crippen MR) is 130 cm³/mol. The number of likely N-dealkylation sites (N-methyl/N-ethyl adjacent to an activating group) is 1. The molecule has 0 aliphatic rings. The van der Waals surface area contributed by atoms with Gasteiger partial charge in [-0.1, -0.05) is 6.07 Å². The fourth-order valence-electron chi connectivity index (χ4n) is 3.79. The molecule has 3 N–H and O–H groups in total. The van der Waals surface area contributed by atoms with Crippen LogP contribution >= 0.6 is 0 Å². The van der Waals surface area contributed by atoms with E-state index in [1.165, 1.54) is 16.6 Å². The maximum Gasteiger partial charge on any atom is 0.319 e. The van der Waals surface area contributed by atoms with E-state index < -0.39 is 17.7 Å². The number of rotatable bonds is 9. The first kappa shape index (κ1) is 24.8. The molecule has 0 unspecified atom stereocenters. The quantitative estimate of drug-likeness (QED) is 0.361. The smallest absolute Gasteiger partial charge is 0.319 e. The summed E-state index contributed by atoms with van der Waals surface area (Å²) in [5, 5.41) is 7.35. The van der Waals surface area contributed by atoms with Gasteiger partial charge in [-0.2, -0.15) is 9.97 Å². The monoisotopic (exact) mass is 496 g/mol. The Balaban J connectivity index is 1.71. The topological polar surface area (TPSA) is 124 Å². The lowest BCUT2D eigenvalue weighted by Crippen LogP contribution is -2.34. The van der Waals surface area contributed by atoms with Gasteiger partial charge in [0.05, 0.1) is 17.3 Å². The van der Waals surface area contributed by atoms with Crippen LogP contribution in [-0.4, -0.2) is 55.1 Å². The molecule has 0 saturated heterocycles. The highest BCUT2D eigenvalue weighted by molar-refractivity contribution is 5.85. The Morgan fingerprint density at radius 2 is 2.00 bits per heavy atom. The summed E-state index contributed by atoms with van der Waals surface area (Å²) in [6.07, 6.45) is 3.29. The van der Waals surface area contributed by atoms with Gasteiger partial charge in [-0.15, -0.1) is 5.10 Å². The van der Waals surface area contributed by atoms with Crippen molar-refractivity contribution in [2.75, 3.05) is 30.7 Å². The van der Waals surface area contributed by atoms with Crippen LogP contribution in [0, 0.1) is 11.6 Å². The first-order chi connectivity index (χ1) is 17.3. The zero-order chi connectivity index (χ0) is 25.8. The number of nitrogens with zero attached hydrogens (tertiary/aromatic N) is 6. The number of hydrogen-bond donors (Lipinski definition) is 2. The van der Waals surface area contributed by atoms with Gasteiger partial charge in [0.15, 0.2) is 18.1 Å². The second-order valence-electron chi connectivity index (χ2n) is 7.96. The summed E-state index contributed by atoms with van der Waals surface area (Å²) >= 11 is 0. The van der Waals surface area contributed by atoms with Crippen LogP contribution in [0.25, 0.3) is 16.9 Å². The zero-order valence-corrected chi connectivity index (χ0v) is 20.1. The molecule has 4 rings (SSSR count). The largest absolute Gasteiger partial charge is 0.453 e. The number of aromatic nitrogens is 5. The SMILES string of the molecule is CCN(CC)C(=O)COc1nc(N[C@@H](C)c2ccc(F)cc2F)cc(-c2c(N)nn3cccnc23)n1. The lowest BCUT2D eigenvalue weighted by Gasteiger charge is -2.19. The van der Waals surface area contributed by atoms with E-state index in [1.54, 1.807) is 36.4 Å². The highest BCUT2D eigenvalue weighted by Crippen LogP contribution is 2.31. The number of nitrogen functional groups attached to an aromatic ring is 1.